The highest BCUT2D eigenvalue weighted by molar-refractivity contribution is 5.96. The van der Waals surface area contributed by atoms with E-state index in [0.29, 0.717) is 24.5 Å². The lowest BCUT2D eigenvalue weighted by molar-refractivity contribution is 0.0131. The van der Waals surface area contributed by atoms with E-state index < -0.39 is 5.60 Å². The van der Waals surface area contributed by atoms with Crippen molar-refractivity contribution in [1.29, 1.82) is 0 Å². The summed E-state index contributed by atoms with van der Waals surface area (Å²) in [6.45, 7) is 6.63. The highest BCUT2D eigenvalue weighted by Gasteiger charge is 2.32. The summed E-state index contributed by atoms with van der Waals surface area (Å²) >= 11 is 0. The third-order valence-corrected chi connectivity index (χ3v) is 4.11. The zero-order valence-corrected chi connectivity index (χ0v) is 15.6. The van der Waals surface area contributed by atoms with Gasteiger partial charge in [0.05, 0.1) is 13.2 Å². The predicted octanol–water partition coefficient (Wildman–Crippen LogP) is 2.56. The Balaban J connectivity index is 2.07. The Morgan fingerprint density at radius 2 is 2.08 bits per heavy atom. The fraction of sp³-hybridized carbons (Fsp3) is 0.611. The van der Waals surface area contributed by atoms with Crippen LogP contribution >= 0.6 is 0 Å². The van der Waals surface area contributed by atoms with Crippen LogP contribution < -0.4 is 4.74 Å². The van der Waals surface area contributed by atoms with Gasteiger partial charge in [-0.2, -0.15) is 0 Å². The molecule has 1 saturated heterocycles. The summed E-state index contributed by atoms with van der Waals surface area (Å²) in [6.07, 6.45) is 2.88. The van der Waals surface area contributed by atoms with Crippen molar-refractivity contribution in [1.82, 2.24) is 14.8 Å². The van der Waals surface area contributed by atoms with Gasteiger partial charge in [0.15, 0.2) is 0 Å². The molecule has 0 unspecified atom stereocenters. The van der Waals surface area contributed by atoms with Crippen molar-refractivity contribution >= 4 is 12.0 Å². The number of hydrogen-bond donors (Lipinski definition) is 0. The van der Waals surface area contributed by atoms with Gasteiger partial charge in [-0.3, -0.25) is 4.79 Å². The number of likely N-dealkylation sites (tertiary alicyclic amines) is 1. The minimum atomic E-state index is -0.543. The average molecular weight is 349 g/mol. The van der Waals surface area contributed by atoms with Crippen molar-refractivity contribution in [3.05, 3.63) is 23.9 Å². The van der Waals surface area contributed by atoms with Crippen molar-refractivity contribution in [2.24, 2.45) is 0 Å². The van der Waals surface area contributed by atoms with E-state index in [4.69, 9.17) is 9.47 Å². The van der Waals surface area contributed by atoms with E-state index in [1.165, 1.54) is 7.11 Å². The Labute approximate surface area is 148 Å². The molecule has 138 valence electrons. The molecule has 1 aliphatic heterocycles. The molecule has 7 heteroatoms. The first-order chi connectivity index (χ1) is 11.7. The summed E-state index contributed by atoms with van der Waals surface area (Å²) in [5.74, 6) is 0.183. The molecule has 0 spiro atoms. The monoisotopic (exact) mass is 349 g/mol. The van der Waals surface area contributed by atoms with Gasteiger partial charge in [-0.05, 0) is 45.7 Å². The zero-order valence-electron chi connectivity index (χ0n) is 15.6. The van der Waals surface area contributed by atoms with Gasteiger partial charge in [0, 0.05) is 26.3 Å². The van der Waals surface area contributed by atoms with Crippen molar-refractivity contribution in [2.45, 2.75) is 45.3 Å². The Hall–Kier alpha value is -2.31. The third-order valence-electron chi connectivity index (χ3n) is 4.11. The molecule has 0 saturated carbocycles. The van der Waals surface area contributed by atoms with Crippen LogP contribution in [-0.2, 0) is 4.74 Å². The topological polar surface area (TPSA) is 72.0 Å². The van der Waals surface area contributed by atoms with Crippen LogP contribution in [0.25, 0.3) is 0 Å². The first kappa shape index (κ1) is 19.0. The van der Waals surface area contributed by atoms with Gasteiger partial charge in [0.2, 0.25) is 5.88 Å². The molecule has 1 fully saturated rings. The van der Waals surface area contributed by atoms with Gasteiger partial charge in [0.1, 0.15) is 11.2 Å². The van der Waals surface area contributed by atoms with Crippen LogP contribution in [0.5, 0.6) is 5.88 Å². The second kappa shape index (κ2) is 7.72. The predicted molar refractivity (Wildman–Crippen MR) is 93.7 cm³/mol. The molecule has 7 nitrogen and oxygen atoms in total. The number of pyridine rings is 1. The maximum Gasteiger partial charge on any atom is 0.410 e. The van der Waals surface area contributed by atoms with Crippen LogP contribution in [0, 0.1) is 0 Å². The minimum Gasteiger partial charge on any atom is -0.480 e. The SMILES string of the molecule is COc1ncccc1C(=O)N1CCC[C@@H](N(C)C(=O)OC(C)(C)C)C1. The third kappa shape index (κ3) is 4.84. The highest BCUT2D eigenvalue weighted by atomic mass is 16.6. The van der Waals surface area contributed by atoms with Gasteiger partial charge in [0.25, 0.3) is 5.91 Å². The van der Waals surface area contributed by atoms with Crippen LogP contribution in [0.2, 0.25) is 0 Å². The molecular formula is C18H27N3O4. The van der Waals surface area contributed by atoms with E-state index in [1.54, 1.807) is 35.2 Å². The van der Waals surface area contributed by atoms with E-state index in [-0.39, 0.29) is 18.0 Å². The standard InChI is InChI=1S/C18H27N3O4/c1-18(2,3)25-17(23)20(4)13-8-7-11-21(12-13)16(22)14-9-6-10-19-15(14)24-5/h6,9-10,13H,7-8,11-12H2,1-5H3/t13-/m1/s1. The van der Waals surface area contributed by atoms with Crippen molar-refractivity contribution in [2.75, 3.05) is 27.2 Å². The second-order valence-electron chi connectivity index (χ2n) is 7.20. The molecule has 0 N–H and O–H groups in total. The molecule has 1 aromatic rings. The van der Waals surface area contributed by atoms with Crippen LogP contribution in [-0.4, -0.2) is 65.7 Å². The molecule has 0 bridgehead atoms. The zero-order chi connectivity index (χ0) is 18.6. The van der Waals surface area contributed by atoms with Crippen molar-refractivity contribution < 1.29 is 19.1 Å². The Morgan fingerprint density at radius 3 is 2.72 bits per heavy atom. The summed E-state index contributed by atoms with van der Waals surface area (Å²) in [7, 11) is 3.21. The first-order valence-electron chi connectivity index (χ1n) is 8.47. The van der Waals surface area contributed by atoms with Gasteiger partial charge in [-0.25, -0.2) is 9.78 Å². The largest absolute Gasteiger partial charge is 0.480 e. The number of likely N-dealkylation sites (N-methyl/N-ethyl adjacent to an activating group) is 1. The molecule has 0 aromatic carbocycles. The number of piperidine rings is 1. The molecule has 1 aliphatic rings. The number of hydrogen-bond acceptors (Lipinski definition) is 5. The number of aromatic nitrogens is 1. The maximum absolute atomic E-state index is 12.8. The Bertz CT molecular complexity index is 627. The molecule has 2 amide bonds. The van der Waals surface area contributed by atoms with E-state index in [1.807, 2.05) is 20.8 Å². The summed E-state index contributed by atoms with van der Waals surface area (Å²) in [5, 5.41) is 0. The lowest BCUT2D eigenvalue weighted by atomic mass is 10.0. The smallest absolute Gasteiger partial charge is 0.410 e. The number of methoxy groups -OCH3 is 1. The van der Waals surface area contributed by atoms with Gasteiger partial charge < -0.3 is 19.3 Å². The van der Waals surface area contributed by atoms with Gasteiger partial charge in [-0.1, -0.05) is 0 Å². The number of carbonyl (C=O) groups is 2. The van der Waals surface area contributed by atoms with Crippen LogP contribution in [0.1, 0.15) is 44.0 Å². The molecule has 1 atom stereocenters. The van der Waals surface area contributed by atoms with Gasteiger partial charge >= 0.3 is 6.09 Å². The minimum absolute atomic E-state index is 0.0739. The van der Waals surface area contributed by atoms with E-state index in [0.717, 1.165) is 12.8 Å². The van der Waals surface area contributed by atoms with Crippen LogP contribution in [0.15, 0.2) is 18.3 Å². The molecule has 1 aromatic heterocycles. The maximum atomic E-state index is 12.8. The second-order valence-corrected chi connectivity index (χ2v) is 7.20. The van der Waals surface area contributed by atoms with Crippen molar-refractivity contribution in [3.8, 4) is 5.88 Å². The lowest BCUT2D eigenvalue weighted by Gasteiger charge is -2.38. The molecule has 25 heavy (non-hydrogen) atoms. The highest BCUT2D eigenvalue weighted by Crippen LogP contribution is 2.22. The van der Waals surface area contributed by atoms with E-state index >= 15 is 0 Å². The summed E-state index contributed by atoms with van der Waals surface area (Å²) in [5.41, 5.74) is -0.107. The number of carbonyl (C=O) groups excluding carboxylic acids is 2. The van der Waals surface area contributed by atoms with E-state index in [9.17, 15) is 9.59 Å². The van der Waals surface area contributed by atoms with Crippen molar-refractivity contribution in [3.63, 3.8) is 0 Å². The fourth-order valence-electron chi connectivity index (χ4n) is 2.82. The average Bonchev–Trinajstić information content (AvgIpc) is 2.59. The summed E-state index contributed by atoms with van der Waals surface area (Å²) < 4.78 is 10.6. The van der Waals surface area contributed by atoms with Crippen LogP contribution in [0.3, 0.4) is 0 Å². The fourth-order valence-corrected chi connectivity index (χ4v) is 2.82. The first-order valence-corrected chi connectivity index (χ1v) is 8.47. The summed E-state index contributed by atoms with van der Waals surface area (Å²) in [4.78, 5) is 32.5. The molecule has 2 rings (SSSR count). The number of nitrogens with zero attached hydrogens (tertiary/aromatic N) is 3. The number of rotatable bonds is 3. The number of amides is 2. The molecular weight excluding hydrogens is 322 g/mol. The number of ether oxygens (including phenoxy) is 2. The Morgan fingerprint density at radius 1 is 1.36 bits per heavy atom. The molecule has 2 heterocycles. The molecule has 0 aliphatic carbocycles. The summed E-state index contributed by atoms with van der Waals surface area (Å²) in [6, 6.07) is 3.34. The molecule has 0 radical (unpaired) electrons. The normalized spacial score (nSPS) is 17.8. The quantitative estimate of drug-likeness (QED) is 0.839. The van der Waals surface area contributed by atoms with E-state index in [2.05, 4.69) is 4.98 Å². The van der Waals surface area contributed by atoms with Gasteiger partial charge in [-0.15, -0.1) is 0 Å². The Kier molecular flexibility index (Phi) is 5.87. The lowest BCUT2D eigenvalue weighted by Crippen LogP contribution is -2.51. The van der Waals surface area contributed by atoms with Crippen LogP contribution in [0.4, 0.5) is 4.79 Å².